The Labute approximate surface area is 117 Å². The summed E-state index contributed by atoms with van der Waals surface area (Å²) in [6.07, 6.45) is 1.90. The highest BCUT2D eigenvalue weighted by molar-refractivity contribution is 5.78. The van der Waals surface area contributed by atoms with E-state index in [0.29, 0.717) is 11.8 Å². The van der Waals surface area contributed by atoms with E-state index in [4.69, 9.17) is 4.42 Å². The monoisotopic (exact) mass is 274 g/mol. The van der Waals surface area contributed by atoms with E-state index in [9.17, 15) is 4.79 Å². The van der Waals surface area contributed by atoms with Crippen molar-refractivity contribution in [3.63, 3.8) is 0 Å². The fourth-order valence-electron chi connectivity index (χ4n) is 1.68. The summed E-state index contributed by atoms with van der Waals surface area (Å²) in [6, 6.07) is 5.17. The van der Waals surface area contributed by atoms with Gasteiger partial charge in [-0.3, -0.25) is 9.78 Å². The van der Waals surface area contributed by atoms with Crippen molar-refractivity contribution in [3.05, 3.63) is 41.9 Å². The standard InChI is InChI=1S/C14H18N4O2/c1-9(2)13-17-18-14(20-13)10(3)16-12(19)8-11-6-4-5-7-15-11/h4-7,9-10H,8H2,1-3H3,(H,16,19). The van der Waals surface area contributed by atoms with Crippen molar-refractivity contribution >= 4 is 5.91 Å². The molecule has 6 nitrogen and oxygen atoms in total. The summed E-state index contributed by atoms with van der Waals surface area (Å²) >= 11 is 0. The van der Waals surface area contributed by atoms with Gasteiger partial charge >= 0.3 is 0 Å². The first-order valence-corrected chi connectivity index (χ1v) is 6.59. The number of rotatable bonds is 5. The molecule has 2 rings (SSSR count). The molecule has 1 amide bonds. The van der Waals surface area contributed by atoms with Gasteiger partial charge in [0.05, 0.1) is 6.42 Å². The third kappa shape index (κ3) is 3.63. The van der Waals surface area contributed by atoms with Gasteiger partial charge < -0.3 is 9.73 Å². The molecule has 20 heavy (non-hydrogen) atoms. The van der Waals surface area contributed by atoms with Gasteiger partial charge in [0.1, 0.15) is 6.04 Å². The normalized spacial score (nSPS) is 12.4. The molecule has 2 heterocycles. The number of nitrogens with zero attached hydrogens (tertiary/aromatic N) is 3. The molecule has 1 unspecified atom stereocenters. The van der Waals surface area contributed by atoms with Crippen LogP contribution in [-0.4, -0.2) is 21.1 Å². The molecule has 0 aliphatic heterocycles. The van der Waals surface area contributed by atoms with Gasteiger partial charge in [-0.05, 0) is 19.1 Å². The average molecular weight is 274 g/mol. The van der Waals surface area contributed by atoms with Gasteiger partial charge in [0.15, 0.2) is 0 Å². The summed E-state index contributed by atoms with van der Waals surface area (Å²) in [5, 5.41) is 10.7. The van der Waals surface area contributed by atoms with E-state index < -0.39 is 0 Å². The van der Waals surface area contributed by atoms with Gasteiger partial charge in [0.25, 0.3) is 0 Å². The van der Waals surface area contributed by atoms with Gasteiger partial charge in [-0.25, -0.2) is 0 Å². The summed E-state index contributed by atoms with van der Waals surface area (Å²) in [7, 11) is 0. The number of aromatic nitrogens is 3. The Morgan fingerprint density at radius 1 is 1.25 bits per heavy atom. The van der Waals surface area contributed by atoms with Crippen LogP contribution < -0.4 is 5.32 Å². The molecule has 2 aromatic rings. The lowest BCUT2D eigenvalue weighted by Gasteiger charge is -2.09. The van der Waals surface area contributed by atoms with Gasteiger partial charge in [0, 0.05) is 17.8 Å². The highest BCUT2D eigenvalue weighted by Crippen LogP contribution is 2.16. The van der Waals surface area contributed by atoms with Crippen LogP contribution in [0, 0.1) is 0 Å². The Morgan fingerprint density at radius 3 is 2.60 bits per heavy atom. The van der Waals surface area contributed by atoms with Crippen LogP contribution in [0.15, 0.2) is 28.8 Å². The molecule has 0 aromatic carbocycles. The maximum atomic E-state index is 11.9. The number of amides is 1. The van der Waals surface area contributed by atoms with Crippen LogP contribution in [0.25, 0.3) is 0 Å². The molecule has 106 valence electrons. The Hall–Kier alpha value is -2.24. The fourth-order valence-corrected chi connectivity index (χ4v) is 1.68. The Balaban J connectivity index is 1.93. The summed E-state index contributed by atoms with van der Waals surface area (Å²) in [5.41, 5.74) is 0.727. The second-order valence-corrected chi connectivity index (χ2v) is 4.92. The SMILES string of the molecule is CC(C)c1nnc(C(C)NC(=O)Cc2ccccn2)o1. The zero-order valence-corrected chi connectivity index (χ0v) is 11.8. The second-order valence-electron chi connectivity index (χ2n) is 4.92. The molecule has 0 aliphatic rings. The average Bonchev–Trinajstić information content (AvgIpc) is 2.89. The van der Waals surface area contributed by atoms with Crippen molar-refractivity contribution in [2.75, 3.05) is 0 Å². The van der Waals surface area contributed by atoms with Crippen LogP contribution in [0.3, 0.4) is 0 Å². The molecule has 0 saturated carbocycles. The summed E-state index contributed by atoms with van der Waals surface area (Å²) in [6.45, 7) is 5.76. The quantitative estimate of drug-likeness (QED) is 0.902. The minimum Gasteiger partial charge on any atom is -0.423 e. The van der Waals surface area contributed by atoms with Crippen LogP contribution in [0.4, 0.5) is 0 Å². The summed E-state index contributed by atoms with van der Waals surface area (Å²) in [5.74, 6) is 1.04. The van der Waals surface area contributed by atoms with Crippen molar-refractivity contribution in [1.29, 1.82) is 0 Å². The first kappa shape index (κ1) is 14.2. The molecule has 6 heteroatoms. The van der Waals surface area contributed by atoms with Crippen LogP contribution >= 0.6 is 0 Å². The van der Waals surface area contributed by atoms with Crippen LogP contribution in [0.1, 0.15) is 50.2 Å². The third-order valence-electron chi connectivity index (χ3n) is 2.77. The van der Waals surface area contributed by atoms with E-state index in [1.165, 1.54) is 0 Å². The van der Waals surface area contributed by atoms with Crippen molar-refractivity contribution < 1.29 is 9.21 Å². The molecule has 0 aliphatic carbocycles. The zero-order valence-electron chi connectivity index (χ0n) is 11.8. The molecule has 0 bridgehead atoms. The van der Waals surface area contributed by atoms with E-state index in [1.54, 1.807) is 6.20 Å². The number of carbonyl (C=O) groups excluding carboxylic acids is 1. The van der Waals surface area contributed by atoms with E-state index >= 15 is 0 Å². The van der Waals surface area contributed by atoms with Gasteiger partial charge in [-0.2, -0.15) is 0 Å². The number of nitrogens with one attached hydrogen (secondary N) is 1. The van der Waals surface area contributed by atoms with Crippen LogP contribution in [0.5, 0.6) is 0 Å². The molecule has 0 fully saturated rings. The minimum atomic E-state index is -0.314. The largest absolute Gasteiger partial charge is 0.423 e. The lowest BCUT2D eigenvalue weighted by Crippen LogP contribution is -2.28. The maximum Gasteiger partial charge on any atom is 0.238 e. The molecule has 0 radical (unpaired) electrons. The van der Waals surface area contributed by atoms with E-state index in [1.807, 2.05) is 39.0 Å². The lowest BCUT2D eigenvalue weighted by atomic mass is 10.2. The smallest absolute Gasteiger partial charge is 0.238 e. The third-order valence-corrected chi connectivity index (χ3v) is 2.77. The lowest BCUT2D eigenvalue weighted by molar-refractivity contribution is -0.121. The molecule has 0 spiro atoms. The maximum absolute atomic E-state index is 11.9. The number of hydrogen-bond donors (Lipinski definition) is 1. The Bertz CT molecular complexity index is 566. The van der Waals surface area contributed by atoms with Crippen molar-refractivity contribution in [2.45, 2.75) is 39.2 Å². The topological polar surface area (TPSA) is 80.9 Å². The van der Waals surface area contributed by atoms with Crippen molar-refractivity contribution in [1.82, 2.24) is 20.5 Å². The minimum absolute atomic E-state index is 0.125. The molecule has 1 N–H and O–H groups in total. The highest BCUT2D eigenvalue weighted by atomic mass is 16.4. The highest BCUT2D eigenvalue weighted by Gasteiger charge is 2.17. The predicted octanol–water partition coefficient (Wildman–Crippen LogP) is 2.01. The zero-order chi connectivity index (χ0) is 14.5. The van der Waals surface area contributed by atoms with Gasteiger partial charge in [-0.15, -0.1) is 10.2 Å². The summed E-state index contributed by atoms with van der Waals surface area (Å²) < 4.78 is 5.51. The second kappa shape index (κ2) is 6.27. The number of carbonyl (C=O) groups is 1. The Morgan fingerprint density at radius 2 is 2.00 bits per heavy atom. The Kier molecular flexibility index (Phi) is 4.45. The van der Waals surface area contributed by atoms with E-state index in [0.717, 1.165) is 5.69 Å². The van der Waals surface area contributed by atoms with Crippen molar-refractivity contribution in [2.24, 2.45) is 0 Å². The van der Waals surface area contributed by atoms with Gasteiger partial charge in [-0.1, -0.05) is 19.9 Å². The summed E-state index contributed by atoms with van der Waals surface area (Å²) in [4.78, 5) is 16.0. The number of hydrogen-bond acceptors (Lipinski definition) is 5. The van der Waals surface area contributed by atoms with Crippen LogP contribution in [-0.2, 0) is 11.2 Å². The van der Waals surface area contributed by atoms with Gasteiger partial charge in [0.2, 0.25) is 17.7 Å². The molecule has 2 aromatic heterocycles. The molecular formula is C14H18N4O2. The molecular weight excluding hydrogens is 256 g/mol. The predicted molar refractivity (Wildman–Crippen MR) is 72.9 cm³/mol. The first-order chi connectivity index (χ1) is 9.56. The van der Waals surface area contributed by atoms with Crippen LogP contribution in [0.2, 0.25) is 0 Å². The molecule has 1 atom stereocenters. The first-order valence-electron chi connectivity index (χ1n) is 6.59. The molecule has 0 saturated heterocycles. The van der Waals surface area contributed by atoms with E-state index in [-0.39, 0.29) is 24.3 Å². The fraction of sp³-hybridized carbons (Fsp3) is 0.429. The van der Waals surface area contributed by atoms with E-state index in [2.05, 4.69) is 20.5 Å². The van der Waals surface area contributed by atoms with Crippen molar-refractivity contribution in [3.8, 4) is 0 Å². The number of pyridine rings is 1.